The van der Waals surface area contributed by atoms with Gasteiger partial charge in [-0.05, 0) is 44.1 Å². The lowest BCUT2D eigenvalue weighted by Gasteiger charge is -2.37. The van der Waals surface area contributed by atoms with Crippen LogP contribution in [-0.4, -0.2) is 54.0 Å². The Labute approximate surface area is 165 Å². The van der Waals surface area contributed by atoms with Crippen molar-refractivity contribution in [3.63, 3.8) is 0 Å². The van der Waals surface area contributed by atoms with Crippen LogP contribution in [0.5, 0.6) is 0 Å². The molecule has 0 saturated carbocycles. The SMILES string of the molecule is COCC1(CNC(=O)c2cccc(-n3cncn3)c2)CCNCC1.Cl.Cl. The Bertz CT molecular complexity index is 670. The van der Waals surface area contributed by atoms with Gasteiger partial charge in [0.1, 0.15) is 12.7 Å². The molecule has 0 spiro atoms. The maximum atomic E-state index is 12.5. The highest BCUT2D eigenvalue weighted by atomic mass is 35.5. The molecule has 1 aromatic carbocycles. The zero-order valence-electron chi connectivity index (χ0n) is 14.7. The third kappa shape index (κ3) is 5.41. The van der Waals surface area contributed by atoms with Crippen molar-refractivity contribution in [2.24, 2.45) is 5.41 Å². The summed E-state index contributed by atoms with van der Waals surface area (Å²) in [7, 11) is 1.72. The number of halogens is 2. The first-order valence-corrected chi connectivity index (χ1v) is 8.15. The Morgan fingerprint density at radius 2 is 2.12 bits per heavy atom. The van der Waals surface area contributed by atoms with Crippen molar-refractivity contribution in [3.05, 3.63) is 42.5 Å². The van der Waals surface area contributed by atoms with Crippen LogP contribution >= 0.6 is 24.8 Å². The molecule has 3 rings (SSSR count). The van der Waals surface area contributed by atoms with E-state index in [1.807, 2.05) is 18.2 Å². The number of benzene rings is 1. The number of rotatable bonds is 6. The van der Waals surface area contributed by atoms with Crippen LogP contribution in [0.4, 0.5) is 0 Å². The molecular weight excluding hydrogens is 377 g/mol. The van der Waals surface area contributed by atoms with E-state index in [9.17, 15) is 4.79 Å². The Morgan fingerprint density at radius 3 is 2.77 bits per heavy atom. The first kappa shape index (κ1) is 22.4. The van der Waals surface area contributed by atoms with Gasteiger partial charge in [0.2, 0.25) is 0 Å². The van der Waals surface area contributed by atoms with Crippen molar-refractivity contribution in [1.82, 2.24) is 25.4 Å². The summed E-state index contributed by atoms with van der Waals surface area (Å²) >= 11 is 0. The number of hydrogen-bond donors (Lipinski definition) is 2. The van der Waals surface area contributed by atoms with E-state index in [0.29, 0.717) is 18.7 Å². The van der Waals surface area contributed by atoms with E-state index in [1.54, 1.807) is 24.2 Å². The van der Waals surface area contributed by atoms with E-state index >= 15 is 0 Å². The fraction of sp³-hybridized carbons (Fsp3) is 0.471. The summed E-state index contributed by atoms with van der Waals surface area (Å²) in [6, 6.07) is 7.36. The van der Waals surface area contributed by atoms with Gasteiger partial charge in [-0.2, -0.15) is 5.10 Å². The lowest BCUT2D eigenvalue weighted by atomic mass is 9.79. The molecule has 7 nitrogen and oxygen atoms in total. The van der Waals surface area contributed by atoms with Crippen LogP contribution in [0.15, 0.2) is 36.9 Å². The highest BCUT2D eigenvalue weighted by Gasteiger charge is 2.32. The highest BCUT2D eigenvalue weighted by molar-refractivity contribution is 5.94. The molecule has 26 heavy (non-hydrogen) atoms. The summed E-state index contributed by atoms with van der Waals surface area (Å²) in [6.45, 7) is 3.20. The monoisotopic (exact) mass is 401 g/mol. The van der Waals surface area contributed by atoms with E-state index in [1.165, 1.54) is 6.33 Å². The Balaban J connectivity index is 0.00000169. The number of ether oxygens (including phenoxy) is 1. The van der Waals surface area contributed by atoms with Crippen LogP contribution < -0.4 is 10.6 Å². The van der Waals surface area contributed by atoms with Gasteiger partial charge in [-0.1, -0.05) is 6.07 Å². The molecule has 1 saturated heterocycles. The smallest absolute Gasteiger partial charge is 0.251 e. The summed E-state index contributed by atoms with van der Waals surface area (Å²) in [5.41, 5.74) is 1.44. The lowest BCUT2D eigenvalue weighted by Crippen LogP contribution is -2.47. The lowest BCUT2D eigenvalue weighted by molar-refractivity contribution is 0.0512. The molecule has 0 atom stereocenters. The number of carbonyl (C=O) groups is 1. The largest absolute Gasteiger partial charge is 0.384 e. The van der Waals surface area contributed by atoms with Gasteiger partial charge in [-0.15, -0.1) is 24.8 Å². The maximum Gasteiger partial charge on any atom is 0.251 e. The van der Waals surface area contributed by atoms with E-state index in [2.05, 4.69) is 20.7 Å². The normalized spacial score (nSPS) is 15.4. The van der Waals surface area contributed by atoms with Gasteiger partial charge in [0, 0.05) is 24.6 Å². The molecule has 2 aromatic rings. The second-order valence-corrected chi connectivity index (χ2v) is 6.26. The molecule has 1 aliphatic heterocycles. The fourth-order valence-corrected chi connectivity index (χ4v) is 3.14. The summed E-state index contributed by atoms with van der Waals surface area (Å²) < 4.78 is 7.03. The summed E-state index contributed by atoms with van der Waals surface area (Å²) in [6.07, 6.45) is 5.08. The molecule has 0 bridgehead atoms. The van der Waals surface area contributed by atoms with E-state index in [0.717, 1.165) is 31.6 Å². The number of methoxy groups -OCH3 is 1. The number of piperidine rings is 1. The predicted molar refractivity (Wildman–Crippen MR) is 105 cm³/mol. The molecule has 0 unspecified atom stereocenters. The molecule has 144 valence electrons. The zero-order chi connectivity index (χ0) is 16.8. The molecule has 1 aliphatic rings. The average molecular weight is 402 g/mol. The fourth-order valence-electron chi connectivity index (χ4n) is 3.14. The van der Waals surface area contributed by atoms with Gasteiger partial charge in [-0.25, -0.2) is 9.67 Å². The van der Waals surface area contributed by atoms with E-state index in [-0.39, 0.29) is 36.1 Å². The van der Waals surface area contributed by atoms with Gasteiger partial charge in [0.25, 0.3) is 5.91 Å². The Kier molecular flexibility index (Phi) is 9.01. The van der Waals surface area contributed by atoms with E-state index < -0.39 is 0 Å². The van der Waals surface area contributed by atoms with Crippen molar-refractivity contribution < 1.29 is 9.53 Å². The minimum absolute atomic E-state index is 0. The van der Waals surface area contributed by atoms with Gasteiger partial charge in [-0.3, -0.25) is 4.79 Å². The number of nitrogens with zero attached hydrogens (tertiary/aromatic N) is 3. The summed E-state index contributed by atoms with van der Waals surface area (Å²) in [5, 5.41) is 10.5. The summed E-state index contributed by atoms with van der Waals surface area (Å²) in [4.78, 5) is 16.5. The van der Waals surface area contributed by atoms with Crippen LogP contribution in [0, 0.1) is 5.41 Å². The molecule has 1 aromatic heterocycles. The van der Waals surface area contributed by atoms with Crippen molar-refractivity contribution in [2.45, 2.75) is 12.8 Å². The van der Waals surface area contributed by atoms with Crippen molar-refractivity contribution >= 4 is 30.7 Å². The average Bonchev–Trinajstić information content (AvgIpc) is 3.16. The molecule has 2 heterocycles. The number of carbonyl (C=O) groups excluding carboxylic acids is 1. The number of aromatic nitrogens is 3. The molecule has 0 aliphatic carbocycles. The third-order valence-corrected chi connectivity index (χ3v) is 4.53. The number of amides is 1. The predicted octanol–water partition coefficient (Wildman–Crippen LogP) is 1.86. The second kappa shape index (κ2) is 10.5. The van der Waals surface area contributed by atoms with Crippen LogP contribution in [0.3, 0.4) is 0 Å². The number of nitrogens with one attached hydrogen (secondary N) is 2. The minimum atomic E-state index is -0.0778. The zero-order valence-corrected chi connectivity index (χ0v) is 16.3. The molecule has 9 heteroatoms. The molecule has 1 fully saturated rings. The Morgan fingerprint density at radius 1 is 1.35 bits per heavy atom. The van der Waals surface area contributed by atoms with Crippen LogP contribution in [-0.2, 0) is 4.74 Å². The van der Waals surface area contributed by atoms with Gasteiger partial charge >= 0.3 is 0 Å². The molecule has 0 radical (unpaired) electrons. The number of hydrogen-bond acceptors (Lipinski definition) is 5. The van der Waals surface area contributed by atoms with Crippen LogP contribution in [0.2, 0.25) is 0 Å². The molecule has 2 N–H and O–H groups in total. The van der Waals surface area contributed by atoms with Crippen molar-refractivity contribution in [2.75, 3.05) is 33.4 Å². The first-order chi connectivity index (χ1) is 11.7. The molecular formula is C17H25Cl2N5O2. The second-order valence-electron chi connectivity index (χ2n) is 6.26. The van der Waals surface area contributed by atoms with Crippen LogP contribution in [0.1, 0.15) is 23.2 Å². The van der Waals surface area contributed by atoms with Crippen molar-refractivity contribution in [3.8, 4) is 5.69 Å². The summed E-state index contributed by atoms with van der Waals surface area (Å²) in [5.74, 6) is -0.0778. The molecule has 1 amide bonds. The van der Waals surface area contributed by atoms with Gasteiger partial charge in [0.15, 0.2) is 0 Å². The van der Waals surface area contributed by atoms with Gasteiger partial charge in [0.05, 0.1) is 12.3 Å². The van der Waals surface area contributed by atoms with Gasteiger partial charge < -0.3 is 15.4 Å². The third-order valence-electron chi connectivity index (χ3n) is 4.53. The van der Waals surface area contributed by atoms with E-state index in [4.69, 9.17) is 4.74 Å². The highest BCUT2D eigenvalue weighted by Crippen LogP contribution is 2.28. The Hall–Kier alpha value is -1.67. The topological polar surface area (TPSA) is 81.1 Å². The standard InChI is InChI=1S/C17H23N5O2.2ClH/c1-24-11-17(5-7-18-8-6-17)10-20-16(23)14-3-2-4-15(9-14)22-13-19-12-21-22;;/h2-4,9,12-13,18H,5-8,10-11H2,1H3,(H,20,23);2*1H. The van der Waals surface area contributed by atoms with Crippen LogP contribution in [0.25, 0.3) is 5.69 Å². The first-order valence-electron chi connectivity index (χ1n) is 8.15. The van der Waals surface area contributed by atoms with Crippen molar-refractivity contribution in [1.29, 1.82) is 0 Å². The quantitative estimate of drug-likeness (QED) is 0.771. The minimum Gasteiger partial charge on any atom is -0.384 e. The maximum absolute atomic E-state index is 12.5.